The molecule has 2 aliphatic heterocycles. The van der Waals surface area contributed by atoms with Crippen LogP contribution in [0.1, 0.15) is 41.6 Å². The van der Waals surface area contributed by atoms with Gasteiger partial charge in [0.15, 0.2) is 0 Å². The van der Waals surface area contributed by atoms with Crippen molar-refractivity contribution < 1.29 is 4.79 Å². The van der Waals surface area contributed by atoms with Crippen molar-refractivity contribution >= 4 is 30.7 Å². The van der Waals surface area contributed by atoms with E-state index < -0.39 is 0 Å². The van der Waals surface area contributed by atoms with Crippen LogP contribution in [0, 0.1) is 5.92 Å². The number of hydrogen-bond acceptors (Lipinski definition) is 4. The molecule has 1 amide bonds. The van der Waals surface area contributed by atoms with E-state index in [-0.39, 0.29) is 30.7 Å². The quantitative estimate of drug-likeness (QED) is 0.784. The molecular formula is C18H30Cl2N4O. The Hall–Kier alpha value is -0.880. The smallest absolute Gasteiger partial charge is 0.252 e. The average Bonchev–Trinajstić information content (AvgIpc) is 3.09. The van der Waals surface area contributed by atoms with Gasteiger partial charge in [0.05, 0.1) is 5.56 Å². The fourth-order valence-corrected chi connectivity index (χ4v) is 3.56. The van der Waals surface area contributed by atoms with E-state index in [1.807, 2.05) is 12.3 Å². The fourth-order valence-electron chi connectivity index (χ4n) is 3.56. The van der Waals surface area contributed by atoms with Crippen molar-refractivity contribution in [2.24, 2.45) is 5.92 Å². The molecule has 2 N–H and O–H groups in total. The van der Waals surface area contributed by atoms with Crippen molar-refractivity contribution in [3.63, 3.8) is 0 Å². The van der Waals surface area contributed by atoms with Crippen molar-refractivity contribution in [3.8, 4) is 0 Å². The van der Waals surface area contributed by atoms with Gasteiger partial charge in [0.25, 0.3) is 5.91 Å². The molecule has 0 aromatic carbocycles. The lowest BCUT2D eigenvalue weighted by Gasteiger charge is -2.26. The maximum absolute atomic E-state index is 12.3. The molecule has 0 aliphatic carbocycles. The predicted molar refractivity (Wildman–Crippen MR) is 106 cm³/mol. The van der Waals surface area contributed by atoms with Crippen molar-refractivity contribution in [2.75, 3.05) is 39.3 Å². The highest BCUT2D eigenvalue weighted by Gasteiger charge is 2.16. The summed E-state index contributed by atoms with van der Waals surface area (Å²) >= 11 is 0. The van der Waals surface area contributed by atoms with E-state index in [9.17, 15) is 4.79 Å². The summed E-state index contributed by atoms with van der Waals surface area (Å²) in [6.45, 7) is 6.19. The number of nitrogens with one attached hydrogen (secondary N) is 2. The fraction of sp³-hybridized carbons (Fsp3) is 0.667. The van der Waals surface area contributed by atoms with Gasteiger partial charge in [-0.2, -0.15) is 0 Å². The van der Waals surface area contributed by atoms with E-state index in [0.29, 0.717) is 11.5 Å². The molecule has 142 valence electrons. The number of hydrogen-bond donors (Lipinski definition) is 2. The topological polar surface area (TPSA) is 57.3 Å². The van der Waals surface area contributed by atoms with E-state index in [2.05, 4.69) is 20.5 Å². The Kier molecular flexibility index (Phi) is 10.4. The van der Waals surface area contributed by atoms with Crippen molar-refractivity contribution in [3.05, 3.63) is 29.6 Å². The molecule has 1 aromatic heterocycles. The molecule has 3 heterocycles. The third-order valence-corrected chi connectivity index (χ3v) is 4.91. The van der Waals surface area contributed by atoms with Gasteiger partial charge in [-0.15, -0.1) is 24.8 Å². The van der Waals surface area contributed by atoms with Gasteiger partial charge in [-0.25, -0.2) is 0 Å². The molecule has 3 rings (SSSR count). The van der Waals surface area contributed by atoms with Crippen LogP contribution in [-0.4, -0.2) is 55.1 Å². The molecule has 2 saturated heterocycles. The molecule has 0 bridgehead atoms. The number of piperidine rings is 1. The minimum Gasteiger partial charge on any atom is -0.351 e. The second-order valence-corrected chi connectivity index (χ2v) is 6.80. The summed E-state index contributed by atoms with van der Waals surface area (Å²) in [6.07, 6.45) is 9.71. The Morgan fingerprint density at radius 3 is 2.76 bits per heavy atom. The van der Waals surface area contributed by atoms with E-state index in [4.69, 9.17) is 0 Å². The second kappa shape index (κ2) is 11.7. The lowest BCUT2D eigenvalue weighted by molar-refractivity contribution is 0.0946. The number of halogens is 2. The van der Waals surface area contributed by atoms with Gasteiger partial charge in [-0.1, -0.05) is 6.42 Å². The SMILES string of the molecule is Cl.Cl.O=C(NCCN1CCCCC1)c1cncc(CC2CCNC2)c1. The molecule has 2 fully saturated rings. The maximum atomic E-state index is 12.3. The molecule has 0 saturated carbocycles. The first kappa shape index (κ1) is 22.2. The van der Waals surface area contributed by atoms with Gasteiger partial charge < -0.3 is 15.5 Å². The van der Waals surface area contributed by atoms with Crippen LogP contribution in [0.3, 0.4) is 0 Å². The van der Waals surface area contributed by atoms with E-state index in [0.717, 1.165) is 32.6 Å². The summed E-state index contributed by atoms with van der Waals surface area (Å²) in [7, 11) is 0. The number of aromatic nitrogens is 1. The molecular weight excluding hydrogens is 359 g/mol. The highest BCUT2D eigenvalue weighted by molar-refractivity contribution is 5.94. The van der Waals surface area contributed by atoms with Crippen molar-refractivity contribution in [1.29, 1.82) is 0 Å². The normalized spacial score (nSPS) is 20.4. The Balaban J connectivity index is 0.00000156. The molecule has 1 aromatic rings. The second-order valence-electron chi connectivity index (χ2n) is 6.80. The lowest BCUT2D eigenvalue weighted by Crippen LogP contribution is -2.37. The zero-order chi connectivity index (χ0) is 15.9. The summed E-state index contributed by atoms with van der Waals surface area (Å²) in [5.74, 6) is 0.676. The number of amides is 1. The van der Waals surface area contributed by atoms with Crippen LogP contribution in [-0.2, 0) is 6.42 Å². The third kappa shape index (κ3) is 7.10. The Labute approximate surface area is 163 Å². The van der Waals surface area contributed by atoms with Gasteiger partial charge in [0.1, 0.15) is 0 Å². The summed E-state index contributed by atoms with van der Waals surface area (Å²) in [5.41, 5.74) is 1.86. The predicted octanol–water partition coefficient (Wildman–Crippen LogP) is 2.29. The highest BCUT2D eigenvalue weighted by Crippen LogP contribution is 2.15. The Bertz CT molecular complexity index is 518. The largest absolute Gasteiger partial charge is 0.351 e. The average molecular weight is 389 g/mol. The number of pyridine rings is 1. The van der Waals surface area contributed by atoms with Gasteiger partial charge in [-0.3, -0.25) is 9.78 Å². The van der Waals surface area contributed by atoms with Crippen LogP contribution in [0.5, 0.6) is 0 Å². The summed E-state index contributed by atoms with van der Waals surface area (Å²) in [6, 6.07) is 2.00. The first-order valence-corrected chi connectivity index (χ1v) is 8.96. The Morgan fingerprint density at radius 1 is 1.24 bits per heavy atom. The van der Waals surface area contributed by atoms with Crippen LogP contribution in [0.15, 0.2) is 18.5 Å². The lowest BCUT2D eigenvalue weighted by atomic mass is 9.99. The molecule has 25 heavy (non-hydrogen) atoms. The van der Waals surface area contributed by atoms with Gasteiger partial charge >= 0.3 is 0 Å². The van der Waals surface area contributed by atoms with E-state index >= 15 is 0 Å². The minimum atomic E-state index is 0. The van der Waals surface area contributed by atoms with E-state index in [1.165, 1.54) is 44.3 Å². The molecule has 0 radical (unpaired) electrons. The highest BCUT2D eigenvalue weighted by atomic mass is 35.5. The van der Waals surface area contributed by atoms with Gasteiger partial charge in [0.2, 0.25) is 0 Å². The first-order valence-electron chi connectivity index (χ1n) is 8.96. The van der Waals surface area contributed by atoms with Gasteiger partial charge in [-0.05, 0) is 69.4 Å². The monoisotopic (exact) mass is 388 g/mol. The molecule has 7 heteroatoms. The van der Waals surface area contributed by atoms with Crippen molar-refractivity contribution in [1.82, 2.24) is 20.5 Å². The number of likely N-dealkylation sites (tertiary alicyclic amines) is 1. The van der Waals surface area contributed by atoms with Crippen LogP contribution in [0.4, 0.5) is 0 Å². The summed E-state index contributed by atoms with van der Waals surface area (Å²) in [4.78, 5) is 19.0. The number of carbonyl (C=O) groups is 1. The molecule has 2 aliphatic rings. The van der Waals surface area contributed by atoms with Crippen molar-refractivity contribution in [2.45, 2.75) is 32.1 Å². The zero-order valence-corrected chi connectivity index (χ0v) is 16.3. The van der Waals surface area contributed by atoms with Crippen LogP contribution in [0.2, 0.25) is 0 Å². The zero-order valence-electron chi connectivity index (χ0n) is 14.7. The first-order chi connectivity index (χ1) is 11.3. The number of rotatable bonds is 6. The number of nitrogens with zero attached hydrogens (tertiary/aromatic N) is 2. The summed E-state index contributed by atoms with van der Waals surface area (Å²) < 4.78 is 0. The molecule has 5 nitrogen and oxygen atoms in total. The summed E-state index contributed by atoms with van der Waals surface area (Å²) in [5, 5.41) is 6.42. The Morgan fingerprint density at radius 2 is 2.04 bits per heavy atom. The molecule has 1 atom stereocenters. The molecule has 0 spiro atoms. The number of carbonyl (C=O) groups excluding carboxylic acids is 1. The third-order valence-electron chi connectivity index (χ3n) is 4.91. The van der Waals surface area contributed by atoms with Gasteiger partial charge in [0, 0.05) is 25.5 Å². The van der Waals surface area contributed by atoms with Crippen LogP contribution < -0.4 is 10.6 Å². The van der Waals surface area contributed by atoms with E-state index in [1.54, 1.807) is 6.20 Å². The van der Waals surface area contributed by atoms with Crippen LogP contribution in [0.25, 0.3) is 0 Å². The molecule has 1 unspecified atom stereocenters. The standard InChI is InChI=1S/C18H28N4O.2ClH/c23-18(21-6-9-22-7-2-1-3-8-22)17-11-16(13-20-14-17)10-15-4-5-19-12-15;;/h11,13-15,19H,1-10,12H2,(H,21,23);2*1H. The maximum Gasteiger partial charge on any atom is 0.252 e. The van der Waals surface area contributed by atoms with Crippen LogP contribution >= 0.6 is 24.8 Å². The minimum absolute atomic E-state index is 0.